The number of nitrogens with zero attached hydrogens (tertiary/aromatic N) is 2. The number of aliphatic carboxylic acids is 1. The van der Waals surface area contributed by atoms with E-state index in [2.05, 4.69) is 10.3 Å². The summed E-state index contributed by atoms with van der Waals surface area (Å²) in [7, 11) is 0. The van der Waals surface area contributed by atoms with Crippen LogP contribution in [0.5, 0.6) is 0 Å². The van der Waals surface area contributed by atoms with Crippen molar-refractivity contribution in [2.24, 2.45) is 5.92 Å². The Morgan fingerprint density at radius 1 is 1.26 bits per heavy atom. The van der Waals surface area contributed by atoms with Crippen molar-refractivity contribution in [3.05, 3.63) is 52.0 Å². The molecule has 2 heterocycles. The van der Waals surface area contributed by atoms with Gasteiger partial charge in [-0.05, 0) is 48.9 Å². The molecule has 1 amide bonds. The number of hydrogen-bond acceptors (Lipinski definition) is 4. The second kappa shape index (κ2) is 10.4. The Morgan fingerprint density at radius 2 is 2.03 bits per heavy atom. The van der Waals surface area contributed by atoms with Crippen LogP contribution >= 0.6 is 11.3 Å². The molecule has 3 atom stereocenters. The Labute approximate surface area is 205 Å². The fourth-order valence-corrected chi connectivity index (χ4v) is 5.64. The zero-order chi connectivity index (χ0) is 25.2. The summed E-state index contributed by atoms with van der Waals surface area (Å²) in [6, 6.07) is 6.75. The van der Waals surface area contributed by atoms with Crippen LogP contribution in [0.15, 0.2) is 35.7 Å². The number of carbonyl (C=O) groups excluding carboxylic acids is 1. The molecule has 6 nitrogen and oxygen atoms in total. The van der Waals surface area contributed by atoms with Crippen LogP contribution in [0.3, 0.4) is 0 Å². The summed E-state index contributed by atoms with van der Waals surface area (Å²) >= 11 is 1.52. The fraction of sp³-hybridized carbons (Fsp3) is 0.480. The molecular formula is C25H28F3N3O3S. The Balaban J connectivity index is 1.75. The average molecular weight is 508 g/mol. The van der Waals surface area contributed by atoms with E-state index in [0.717, 1.165) is 4.88 Å². The molecule has 0 saturated heterocycles. The van der Waals surface area contributed by atoms with E-state index in [1.165, 1.54) is 23.5 Å². The zero-order valence-corrected chi connectivity index (χ0v) is 20.2. The van der Waals surface area contributed by atoms with Gasteiger partial charge < -0.3 is 15.0 Å². The van der Waals surface area contributed by atoms with E-state index in [9.17, 15) is 27.9 Å². The van der Waals surface area contributed by atoms with Crippen LogP contribution in [0.2, 0.25) is 0 Å². The molecule has 35 heavy (non-hydrogen) atoms. The van der Waals surface area contributed by atoms with Crippen LogP contribution in [-0.2, 0) is 11.2 Å². The quantitative estimate of drug-likeness (QED) is 0.394. The van der Waals surface area contributed by atoms with Crippen molar-refractivity contribution in [3.8, 4) is 0 Å². The summed E-state index contributed by atoms with van der Waals surface area (Å²) in [5.41, 5.74) is 1.21. The van der Waals surface area contributed by atoms with Crippen molar-refractivity contribution in [1.29, 1.82) is 0 Å². The first kappa shape index (κ1) is 25.2. The van der Waals surface area contributed by atoms with Crippen molar-refractivity contribution in [2.75, 3.05) is 0 Å². The van der Waals surface area contributed by atoms with Crippen LogP contribution in [0.25, 0.3) is 11.0 Å². The summed E-state index contributed by atoms with van der Waals surface area (Å²) in [6.07, 6.45) is -1.28. The zero-order valence-electron chi connectivity index (χ0n) is 19.3. The number of nitrogens with one attached hydrogen (secondary N) is 1. The van der Waals surface area contributed by atoms with Crippen LogP contribution < -0.4 is 5.32 Å². The first-order valence-electron chi connectivity index (χ1n) is 11.8. The second-order valence-corrected chi connectivity index (χ2v) is 10.0. The molecule has 0 bridgehead atoms. The molecule has 1 aliphatic rings. The lowest BCUT2D eigenvalue weighted by molar-refractivity contribution is -0.193. The van der Waals surface area contributed by atoms with Gasteiger partial charge in [-0.25, -0.2) is 9.78 Å². The van der Waals surface area contributed by atoms with Crippen molar-refractivity contribution >= 4 is 34.2 Å². The summed E-state index contributed by atoms with van der Waals surface area (Å²) < 4.78 is 43.7. The van der Waals surface area contributed by atoms with E-state index in [-0.39, 0.29) is 12.0 Å². The third-order valence-electron chi connectivity index (χ3n) is 6.60. The van der Waals surface area contributed by atoms with Crippen molar-refractivity contribution in [1.82, 2.24) is 14.9 Å². The number of halogens is 3. The molecule has 4 rings (SSSR count). The molecule has 1 aromatic carbocycles. The van der Waals surface area contributed by atoms with E-state index in [1.54, 1.807) is 10.6 Å². The van der Waals surface area contributed by atoms with E-state index in [4.69, 9.17) is 0 Å². The average Bonchev–Trinajstić information content (AvgIpc) is 3.45. The summed E-state index contributed by atoms with van der Waals surface area (Å²) in [5.74, 6) is -2.58. The van der Waals surface area contributed by atoms with Gasteiger partial charge in [0.1, 0.15) is 11.9 Å². The lowest BCUT2D eigenvalue weighted by atomic mass is 9.83. The monoisotopic (exact) mass is 507 g/mol. The highest BCUT2D eigenvalue weighted by Gasteiger charge is 2.47. The molecule has 1 aliphatic carbocycles. The summed E-state index contributed by atoms with van der Waals surface area (Å²) in [6.45, 7) is 1.83. The minimum absolute atomic E-state index is 0.0841. The largest absolute Gasteiger partial charge is 0.480 e. The topological polar surface area (TPSA) is 84.2 Å². The number of hydrogen-bond donors (Lipinski definition) is 2. The van der Waals surface area contributed by atoms with Gasteiger partial charge in [0.2, 0.25) is 0 Å². The molecule has 10 heteroatoms. The molecule has 1 fully saturated rings. The summed E-state index contributed by atoms with van der Waals surface area (Å²) in [5, 5.41) is 13.8. The third kappa shape index (κ3) is 5.52. The van der Waals surface area contributed by atoms with Gasteiger partial charge in [-0.15, -0.1) is 11.3 Å². The van der Waals surface area contributed by atoms with E-state index >= 15 is 0 Å². The first-order chi connectivity index (χ1) is 16.7. The van der Waals surface area contributed by atoms with Crippen molar-refractivity contribution in [3.63, 3.8) is 0 Å². The highest BCUT2D eigenvalue weighted by molar-refractivity contribution is 7.09. The number of amides is 1. The number of imidazole rings is 1. The number of aromatic nitrogens is 2. The molecule has 0 radical (unpaired) electrons. The predicted octanol–water partition coefficient (Wildman–Crippen LogP) is 5.97. The maximum atomic E-state index is 14.0. The summed E-state index contributed by atoms with van der Waals surface area (Å²) in [4.78, 5) is 29.9. The third-order valence-corrected chi connectivity index (χ3v) is 7.48. The number of carboxylic acids is 1. The normalized spacial score (nSPS) is 19.5. The lowest BCUT2D eigenvalue weighted by Gasteiger charge is -2.35. The van der Waals surface area contributed by atoms with Gasteiger partial charge in [0.05, 0.1) is 17.0 Å². The molecule has 2 unspecified atom stereocenters. The molecule has 2 N–H and O–H groups in total. The predicted molar refractivity (Wildman–Crippen MR) is 128 cm³/mol. The Hall–Kier alpha value is -2.88. The molecular weight excluding hydrogens is 479 g/mol. The van der Waals surface area contributed by atoms with E-state index in [0.29, 0.717) is 55.4 Å². The highest BCUT2D eigenvalue weighted by atomic mass is 32.1. The number of benzene rings is 1. The van der Waals surface area contributed by atoms with Gasteiger partial charge in [0.15, 0.2) is 0 Å². The number of fused-ring (bicyclic) bond motifs is 1. The Kier molecular flexibility index (Phi) is 7.49. The number of carboxylic acid groups (broad SMARTS) is 1. The number of carbonyl (C=O) groups is 2. The van der Waals surface area contributed by atoms with Gasteiger partial charge >= 0.3 is 12.1 Å². The molecule has 3 aromatic rings. The smallest absolute Gasteiger partial charge is 0.393 e. The molecule has 1 saturated carbocycles. The van der Waals surface area contributed by atoms with E-state index < -0.39 is 36.1 Å². The maximum Gasteiger partial charge on any atom is 0.393 e. The maximum absolute atomic E-state index is 14.0. The molecule has 0 aliphatic heterocycles. The first-order valence-corrected chi connectivity index (χ1v) is 12.7. The molecule has 188 valence electrons. The minimum atomic E-state index is -4.31. The SMILES string of the molecule is CCCC(NC(=O)c1ccc2c(c1)nc(Cc1cccs1)n2[C@H]1CCCCC1C(F)(F)F)C(=O)O. The van der Waals surface area contributed by atoms with E-state index in [1.807, 2.05) is 24.4 Å². The lowest BCUT2D eigenvalue weighted by Crippen LogP contribution is -2.40. The van der Waals surface area contributed by atoms with Gasteiger partial charge in [-0.1, -0.05) is 32.3 Å². The van der Waals surface area contributed by atoms with Crippen LogP contribution in [0.4, 0.5) is 13.2 Å². The second-order valence-electron chi connectivity index (χ2n) is 9.01. The molecule has 2 aromatic heterocycles. The highest BCUT2D eigenvalue weighted by Crippen LogP contribution is 2.45. The van der Waals surface area contributed by atoms with Crippen LogP contribution in [-0.4, -0.2) is 38.8 Å². The van der Waals surface area contributed by atoms with Gasteiger partial charge in [-0.2, -0.15) is 13.2 Å². The molecule has 0 spiro atoms. The van der Waals surface area contributed by atoms with Crippen molar-refractivity contribution < 1.29 is 27.9 Å². The number of thiophene rings is 1. The number of alkyl halides is 3. The Bertz CT molecular complexity index is 1190. The van der Waals surface area contributed by atoms with Crippen LogP contribution in [0.1, 0.15) is 72.6 Å². The van der Waals surface area contributed by atoms with Gasteiger partial charge in [0, 0.05) is 22.9 Å². The van der Waals surface area contributed by atoms with Crippen LogP contribution in [0, 0.1) is 5.92 Å². The van der Waals surface area contributed by atoms with Gasteiger partial charge in [0.25, 0.3) is 5.91 Å². The number of rotatable bonds is 8. The van der Waals surface area contributed by atoms with Crippen molar-refractivity contribution in [2.45, 2.75) is 70.1 Å². The van der Waals surface area contributed by atoms with Gasteiger partial charge in [-0.3, -0.25) is 4.79 Å². The standard InChI is InChI=1S/C25H28F3N3O3S/c1-2-6-18(24(33)34)30-23(32)15-10-11-21-19(13-15)29-22(14-16-7-5-12-35-16)31(21)20-9-4-3-8-17(20)25(26,27)28/h5,7,10-13,17-18,20H,2-4,6,8-9,14H2,1H3,(H,30,32)(H,33,34)/t17?,18?,20-/m0/s1. The minimum Gasteiger partial charge on any atom is -0.480 e. The Morgan fingerprint density at radius 3 is 2.69 bits per heavy atom. The fourth-order valence-electron chi connectivity index (χ4n) is 4.94.